The molecule has 0 fully saturated rings. The summed E-state index contributed by atoms with van der Waals surface area (Å²) in [6.07, 6.45) is 3.43. The average Bonchev–Trinajstić information content (AvgIpc) is 4.06. The molecule has 0 unspecified atom stereocenters. The molecule has 0 aliphatic heterocycles. The summed E-state index contributed by atoms with van der Waals surface area (Å²) in [4.78, 5) is 22.5. The number of anilines is 6. The van der Waals surface area contributed by atoms with Crippen molar-refractivity contribution in [1.29, 1.82) is 0 Å². The molecular formula is C50H32N6O2S. The second-order valence-electron chi connectivity index (χ2n) is 14.0. The van der Waals surface area contributed by atoms with Crippen LogP contribution in [0.1, 0.15) is 0 Å². The summed E-state index contributed by atoms with van der Waals surface area (Å²) in [7, 11) is 0. The van der Waals surface area contributed by atoms with Crippen molar-refractivity contribution in [2.75, 3.05) is 9.80 Å². The minimum atomic E-state index is 0.530. The van der Waals surface area contributed by atoms with Gasteiger partial charge in [0.15, 0.2) is 0 Å². The van der Waals surface area contributed by atoms with Crippen LogP contribution in [0, 0.1) is 0 Å². The fourth-order valence-corrected chi connectivity index (χ4v) is 8.41. The van der Waals surface area contributed by atoms with Crippen LogP contribution in [0.3, 0.4) is 0 Å². The number of pyridine rings is 2. The first-order chi connectivity index (χ1) is 29.2. The van der Waals surface area contributed by atoms with Gasteiger partial charge in [0.2, 0.25) is 23.2 Å². The molecular weight excluding hydrogens is 749 g/mol. The summed E-state index contributed by atoms with van der Waals surface area (Å²) in [6.45, 7) is 0. The first kappa shape index (κ1) is 34.4. The van der Waals surface area contributed by atoms with Gasteiger partial charge in [0.05, 0.1) is 5.69 Å². The zero-order valence-electron chi connectivity index (χ0n) is 31.4. The maximum absolute atomic E-state index is 5.97. The number of hydrogen-bond donors (Lipinski definition) is 0. The van der Waals surface area contributed by atoms with E-state index in [2.05, 4.69) is 169 Å². The largest absolute Gasteiger partial charge is 0.418 e. The Morgan fingerprint density at radius 2 is 0.831 bits per heavy atom. The SMILES string of the molecule is c1ccc(N(c2ccc(-c3ccc(N(c4ccc(-c5nc6cccnc6o5)cc4)c4csc5ccccc45)cc3)cc2)c2ccc(-c3nc4cccnc4o3)cc2)cc1. The zero-order chi connectivity index (χ0) is 39.1. The van der Waals surface area contributed by atoms with Crippen molar-refractivity contribution < 1.29 is 8.83 Å². The molecule has 0 saturated carbocycles. The molecule has 11 aromatic rings. The molecule has 8 nitrogen and oxygen atoms in total. The highest BCUT2D eigenvalue weighted by Gasteiger charge is 2.19. The zero-order valence-corrected chi connectivity index (χ0v) is 32.2. The molecule has 0 bridgehead atoms. The minimum absolute atomic E-state index is 0.530. The highest BCUT2D eigenvalue weighted by atomic mass is 32.1. The molecule has 0 N–H and O–H groups in total. The number of para-hydroxylation sites is 1. The topological polar surface area (TPSA) is 84.3 Å². The lowest BCUT2D eigenvalue weighted by Gasteiger charge is -2.26. The molecule has 6 aromatic carbocycles. The van der Waals surface area contributed by atoms with E-state index in [0.29, 0.717) is 23.2 Å². The molecule has 0 aliphatic carbocycles. The maximum atomic E-state index is 5.97. The Bertz CT molecular complexity index is 3150. The number of fused-ring (bicyclic) bond motifs is 3. The molecule has 9 heteroatoms. The fraction of sp³-hybridized carbons (Fsp3) is 0. The average molecular weight is 781 g/mol. The third kappa shape index (κ3) is 6.45. The lowest BCUT2D eigenvalue weighted by Crippen LogP contribution is -2.09. The summed E-state index contributed by atoms with van der Waals surface area (Å²) in [6, 6.07) is 60.6. The van der Waals surface area contributed by atoms with E-state index in [-0.39, 0.29) is 0 Å². The van der Waals surface area contributed by atoms with Gasteiger partial charge in [-0.15, -0.1) is 11.3 Å². The predicted molar refractivity (Wildman–Crippen MR) is 238 cm³/mol. The fourth-order valence-electron chi connectivity index (χ4n) is 7.49. The van der Waals surface area contributed by atoms with E-state index in [9.17, 15) is 0 Å². The standard InChI is InChI=1S/C50H32N6O2S/c1-2-8-37(9-3-1)55(39-26-18-35(19-27-39)47-53-43-11-6-30-51-49(43)57-47)38-22-14-33(15-23-38)34-16-24-40(25-17-34)56(45-32-59-46-13-5-4-10-42(45)46)41-28-20-36(21-29-41)48-54-44-12-7-31-52-50(44)58-48/h1-32H. The normalized spacial score (nSPS) is 11.4. The lowest BCUT2D eigenvalue weighted by molar-refractivity contribution is 0.607. The Morgan fingerprint density at radius 1 is 0.390 bits per heavy atom. The molecule has 0 radical (unpaired) electrons. The molecule has 0 atom stereocenters. The second-order valence-corrected chi connectivity index (χ2v) is 14.9. The van der Waals surface area contributed by atoms with Gasteiger partial charge < -0.3 is 18.6 Å². The van der Waals surface area contributed by atoms with Gasteiger partial charge in [-0.25, -0.2) is 19.9 Å². The van der Waals surface area contributed by atoms with Gasteiger partial charge in [-0.1, -0.05) is 60.7 Å². The Balaban J connectivity index is 0.898. The van der Waals surface area contributed by atoms with E-state index >= 15 is 0 Å². The summed E-state index contributed by atoms with van der Waals surface area (Å²) in [5, 5.41) is 3.43. The number of aromatic nitrogens is 4. The van der Waals surface area contributed by atoms with Crippen molar-refractivity contribution in [3.63, 3.8) is 0 Å². The van der Waals surface area contributed by atoms with E-state index in [1.165, 1.54) is 10.1 Å². The van der Waals surface area contributed by atoms with E-state index < -0.39 is 0 Å². The van der Waals surface area contributed by atoms with Crippen molar-refractivity contribution in [1.82, 2.24) is 19.9 Å². The van der Waals surface area contributed by atoms with E-state index in [1.807, 2.05) is 42.5 Å². The number of benzene rings is 6. The van der Waals surface area contributed by atoms with Crippen molar-refractivity contribution in [3.8, 4) is 34.0 Å². The van der Waals surface area contributed by atoms with Crippen LogP contribution in [0.4, 0.5) is 34.1 Å². The minimum Gasteiger partial charge on any atom is -0.418 e. The third-order valence-corrected chi connectivity index (χ3v) is 11.3. The van der Waals surface area contributed by atoms with Gasteiger partial charge in [0, 0.05) is 67.4 Å². The second kappa shape index (κ2) is 14.6. The first-order valence-electron chi connectivity index (χ1n) is 19.2. The van der Waals surface area contributed by atoms with Crippen LogP contribution in [0.15, 0.2) is 203 Å². The quantitative estimate of drug-likeness (QED) is 0.143. The van der Waals surface area contributed by atoms with Crippen LogP contribution in [0.5, 0.6) is 0 Å². The monoisotopic (exact) mass is 780 g/mol. The van der Waals surface area contributed by atoms with Gasteiger partial charge >= 0.3 is 0 Å². The number of thiophene rings is 1. The van der Waals surface area contributed by atoms with Gasteiger partial charge in [0.1, 0.15) is 11.0 Å². The number of nitrogens with zero attached hydrogens (tertiary/aromatic N) is 6. The van der Waals surface area contributed by atoms with Gasteiger partial charge in [0.25, 0.3) is 0 Å². The van der Waals surface area contributed by atoms with Crippen molar-refractivity contribution in [2.45, 2.75) is 0 Å². The van der Waals surface area contributed by atoms with E-state index in [0.717, 1.165) is 67.4 Å². The summed E-state index contributed by atoms with van der Waals surface area (Å²) in [5.41, 5.74) is 12.9. The van der Waals surface area contributed by atoms with Crippen LogP contribution in [-0.2, 0) is 0 Å². The summed E-state index contributed by atoms with van der Waals surface area (Å²) >= 11 is 1.75. The molecule has 0 spiro atoms. The first-order valence-corrected chi connectivity index (χ1v) is 20.1. The Labute approximate surface area is 343 Å². The van der Waals surface area contributed by atoms with Crippen LogP contribution in [0.2, 0.25) is 0 Å². The molecule has 59 heavy (non-hydrogen) atoms. The van der Waals surface area contributed by atoms with Crippen molar-refractivity contribution in [2.24, 2.45) is 0 Å². The van der Waals surface area contributed by atoms with Crippen LogP contribution in [-0.4, -0.2) is 19.9 Å². The third-order valence-electron chi connectivity index (χ3n) is 10.4. The number of oxazole rings is 2. The molecule has 5 aromatic heterocycles. The highest BCUT2D eigenvalue weighted by molar-refractivity contribution is 7.17. The maximum Gasteiger partial charge on any atom is 0.247 e. The Hall–Kier alpha value is -7.88. The Morgan fingerprint density at radius 3 is 1.34 bits per heavy atom. The van der Waals surface area contributed by atoms with Gasteiger partial charge in [-0.05, 0) is 126 Å². The molecule has 5 heterocycles. The van der Waals surface area contributed by atoms with E-state index in [1.54, 1.807) is 23.7 Å². The van der Waals surface area contributed by atoms with Gasteiger partial charge in [-0.2, -0.15) is 0 Å². The molecule has 0 amide bonds. The number of rotatable bonds is 9. The molecule has 280 valence electrons. The van der Waals surface area contributed by atoms with Crippen molar-refractivity contribution in [3.05, 3.63) is 194 Å². The Kier molecular flexibility index (Phi) is 8.49. The smallest absolute Gasteiger partial charge is 0.247 e. The van der Waals surface area contributed by atoms with Crippen LogP contribution >= 0.6 is 11.3 Å². The number of hydrogen-bond acceptors (Lipinski definition) is 9. The predicted octanol–water partition coefficient (Wildman–Crippen LogP) is 13.9. The highest BCUT2D eigenvalue weighted by Crippen LogP contribution is 2.43. The van der Waals surface area contributed by atoms with Crippen LogP contribution < -0.4 is 9.80 Å². The van der Waals surface area contributed by atoms with E-state index in [4.69, 9.17) is 8.83 Å². The summed E-state index contributed by atoms with van der Waals surface area (Å²) < 4.78 is 13.2. The van der Waals surface area contributed by atoms with Crippen molar-refractivity contribution >= 4 is 78.0 Å². The molecule has 0 aliphatic rings. The molecule has 0 saturated heterocycles. The summed E-state index contributed by atoms with van der Waals surface area (Å²) in [5.74, 6) is 1.10. The van der Waals surface area contributed by atoms with Gasteiger partial charge in [-0.3, -0.25) is 0 Å². The van der Waals surface area contributed by atoms with Crippen LogP contribution in [0.25, 0.3) is 66.6 Å². The molecule has 11 rings (SSSR count). The lowest BCUT2D eigenvalue weighted by atomic mass is 10.0.